The Morgan fingerprint density at radius 2 is 2.35 bits per heavy atom. The normalized spacial score (nSPS) is 29.1. The molecule has 1 N–H and O–H groups in total. The first-order valence-corrected chi connectivity index (χ1v) is 8.35. The summed E-state index contributed by atoms with van der Waals surface area (Å²) in [5.41, 5.74) is 0. The fourth-order valence-corrected chi connectivity index (χ4v) is 4.43. The summed E-state index contributed by atoms with van der Waals surface area (Å²) in [6.45, 7) is 0. The molecule has 20 heavy (non-hydrogen) atoms. The summed E-state index contributed by atoms with van der Waals surface area (Å²) < 4.78 is 4.68. The number of nitrogens with one attached hydrogen (secondary N) is 1. The molecule has 2 unspecified atom stereocenters. The van der Waals surface area contributed by atoms with Crippen LogP contribution in [0.25, 0.3) is 0 Å². The van der Waals surface area contributed by atoms with Crippen molar-refractivity contribution in [3.05, 3.63) is 16.1 Å². The van der Waals surface area contributed by atoms with Gasteiger partial charge in [-0.05, 0) is 31.6 Å². The number of methoxy groups -OCH3 is 1. The van der Waals surface area contributed by atoms with Crippen LogP contribution >= 0.6 is 11.3 Å². The molecule has 1 saturated heterocycles. The molecule has 5 heteroatoms. The Labute approximate surface area is 123 Å². The molecule has 0 aromatic carbocycles. The average molecular weight is 294 g/mol. The van der Waals surface area contributed by atoms with E-state index in [9.17, 15) is 4.79 Å². The van der Waals surface area contributed by atoms with Gasteiger partial charge in [0.2, 0.25) is 0 Å². The fourth-order valence-electron chi connectivity index (χ4n) is 3.44. The number of nitrogens with zero attached hydrogens (tertiary/aromatic N) is 1. The highest BCUT2D eigenvalue weighted by molar-refractivity contribution is 7.11. The molecule has 1 aromatic rings. The molecule has 2 aliphatic rings. The zero-order valence-corrected chi connectivity index (χ0v) is 12.7. The third-order valence-corrected chi connectivity index (χ3v) is 5.71. The van der Waals surface area contributed by atoms with Gasteiger partial charge in [-0.15, -0.1) is 11.3 Å². The summed E-state index contributed by atoms with van der Waals surface area (Å²) in [5.74, 6) is 0.695. The van der Waals surface area contributed by atoms with Crippen molar-refractivity contribution in [3.63, 3.8) is 0 Å². The number of aryl methyl sites for hydroxylation is 1. The van der Waals surface area contributed by atoms with Crippen molar-refractivity contribution in [3.8, 4) is 0 Å². The first kappa shape index (κ1) is 14.0. The van der Waals surface area contributed by atoms with Gasteiger partial charge in [-0.25, -0.2) is 4.98 Å². The van der Waals surface area contributed by atoms with Gasteiger partial charge < -0.3 is 10.1 Å². The number of thiazole rings is 1. The third kappa shape index (κ3) is 3.04. The standard InChI is InChI=1S/C15H22N2O2S/c1-19-14(18)7-6-11-9-16-15(20-11)13-8-10-4-2-3-5-12(10)17-13/h9-10,12-13,17H,2-8H2,1H3/t10?,12?,13-/m0/s1. The Hall–Kier alpha value is -0.940. The lowest BCUT2D eigenvalue weighted by molar-refractivity contribution is -0.140. The van der Waals surface area contributed by atoms with Gasteiger partial charge >= 0.3 is 5.97 Å². The number of ether oxygens (including phenoxy) is 1. The summed E-state index contributed by atoms with van der Waals surface area (Å²) in [5, 5.41) is 4.95. The molecule has 110 valence electrons. The summed E-state index contributed by atoms with van der Waals surface area (Å²) >= 11 is 1.75. The van der Waals surface area contributed by atoms with Gasteiger partial charge in [0.15, 0.2) is 0 Å². The van der Waals surface area contributed by atoms with Gasteiger partial charge in [-0.2, -0.15) is 0 Å². The molecule has 2 heterocycles. The van der Waals surface area contributed by atoms with Crippen molar-refractivity contribution in [2.45, 2.75) is 57.0 Å². The Balaban J connectivity index is 1.58. The lowest BCUT2D eigenvalue weighted by atomic mass is 9.85. The van der Waals surface area contributed by atoms with Crippen LogP contribution in [-0.2, 0) is 16.0 Å². The lowest BCUT2D eigenvalue weighted by Gasteiger charge is -2.24. The van der Waals surface area contributed by atoms with Crippen LogP contribution < -0.4 is 5.32 Å². The van der Waals surface area contributed by atoms with Gasteiger partial charge in [0.1, 0.15) is 5.01 Å². The van der Waals surface area contributed by atoms with Crippen molar-refractivity contribution in [2.75, 3.05) is 7.11 Å². The maximum absolute atomic E-state index is 11.2. The second-order valence-corrected chi connectivity index (χ2v) is 6.99. The van der Waals surface area contributed by atoms with Crippen molar-refractivity contribution in [2.24, 2.45) is 5.92 Å². The molecule has 2 fully saturated rings. The minimum absolute atomic E-state index is 0.148. The van der Waals surface area contributed by atoms with Gasteiger partial charge in [0.25, 0.3) is 0 Å². The van der Waals surface area contributed by atoms with E-state index in [1.807, 2.05) is 6.20 Å². The average Bonchev–Trinajstić information content (AvgIpc) is 3.10. The number of aromatic nitrogens is 1. The van der Waals surface area contributed by atoms with Gasteiger partial charge in [-0.3, -0.25) is 4.79 Å². The third-order valence-electron chi connectivity index (χ3n) is 4.54. The van der Waals surface area contributed by atoms with Crippen LogP contribution in [0.15, 0.2) is 6.20 Å². The van der Waals surface area contributed by atoms with E-state index < -0.39 is 0 Å². The van der Waals surface area contributed by atoms with Crippen molar-refractivity contribution in [1.29, 1.82) is 0 Å². The molecule has 1 saturated carbocycles. The number of rotatable bonds is 4. The molecule has 4 nitrogen and oxygen atoms in total. The Bertz CT molecular complexity index is 460. The minimum Gasteiger partial charge on any atom is -0.469 e. The van der Waals surface area contributed by atoms with Gasteiger partial charge in [0, 0.05) is 17.1 Å². The van der Waals surface area contributed by atoms with E-state index in [-0.39, 0.29) is 5.97 Å². The van der Waals surface area contributed by atoms with E-state index in [0.717, 1.165) is 12.3 Å². The lowest BCUT2D eigenvalue weighted by Crippen LogP contribution is -2.30. The summed E-state index contributed by atoms with van der Waals surface area (Å²) in [6, 6.07) is 1.14. The smallest absolute Gasteiger partial charge is 0.305 e. The summed E-state index contributed by atoms with van der Waals surface area (Å²) in [7, 11) is 1.44. The van der Waals surface area contributed by atoms with E-state index in [1.54, 1.807) is 11.3 Å². The topological polar surface area (TPSA) is 51.2 Å². The number of carbonyl (C=O) groups excluding carboxylic acids is 1. The predicted molar refractivity (Wildman–Crippen MR) is 78.7 cm³/mol. The van der Waals surface area contributed by atoms with Gasteiger partial charge in [0.05, 0.1) is 19.6 Å². The van der Waals surface area contributed by atoms with Crippen LogP contribution in [0.5, 0.6) is 0 Å². The number of carbonyl (C=O) groups is 1. The molecular weight excluding hydrogens is 272 g/mol. The molecule has 0 amide bonds. The SMILES string of the molecule is COC(=O)CCc1cnc([C@@H]2CC3CCCCC3N2)s1. The van der Waals surface area contributed by atoms with Crippen molar-refractivity contribution >= 4 is 17.3 Å². The highest BCUT2D eigenvalue weighted by atomic mass is 32.1. The first-order chi connectivity index (χ1) is 9.76. The quantitative estimate of drug-likeness (QED) is 0.868. The number of fused-ring (bicyclic) bond motifs is 1. The van der Waals surface area contributed by atoms with E-state index in [0.29, 0.717) is 18.5 Å². The van der Waals surface area contributed by atoms with Crippen LogP contribution in [0.3, 0.4) is 0 Å². The zero-order valence-electron chi connectivity index (χ0n) is 11.9. The van der Waals surface area contributed by atoms with E-state index in [4.69, 9.17) is 0 Å². The maximum Gasteiger partial charge on any atom is 0.305 e. The molecule has 0 bridgehead atoms. The maximum atomic E-state index is 11.2. The molecule has 1 aliphatic carbocycles. The molecule has 1 aliphatic heterocycles. The Morgan fingerprint density at radius 1 is 1.50 bits per heavy atom. The minimum atomic E-state index is -0.148. The highest BCUT2D eigenvalue weighted by Gasteiger charge is 2.36. The Kier molecular flexibility index (Phi) is 4.36. The molecule has 1 aromatic heterocycles. The highest BCUT2D eigenvalue weighted by Crippen LogP contribution is 2.40. The second-order valence-electron chi connectivity index (χ2n) is 5.85. The van der Waals surface area contributed by atoms with Crippen LogP contribution in [0.4, 0.5) is 0 Å². The second kappa shape index (κ2) is 6.22. The Morgan fingerprint density at radius 3 is 3.15 bits per heavy atom. The number of hydrogen-bond acceptors (Lipinski definition) is 5. The number of hydrogen-bond donors (Lipinski definition) is 1. The van der Waals surface area contributed by atoms with Crippen molar-refractivity contribution < 1.29 is 9.53 Å². The van der Waals surface area contributed by atoms with Crippen LogP contribution in [0, 0.1) is 5.92 Å². The molecule has 3 rings (SSSR count). The molecule has 3 atom stereocenters. The van der Waals surface area contributed by atoms with Crippen molar-refractivity contribution in [1.82, 2.24) is 10.3 Å². The molecular formula is C15H22N2O2S. The predicted octanol–water partition coefficient (Wildman–Crippen LogP) is 2.84. The molecule has 0 spiro atoms. The van der Waals surface area contributed by atoms with Crippen LogP contribution in [-0.4, -0.2) is 24.1 Å². The summed E-state index contributed by atoms with van der Waals surface area (Å²) in [4.78, 5) is 16.9. The molecule has 0 radical (unpaired) electrons. The van der Waals surface area contributed by atoms with Crippen LogP contribution in [0.2, 0.25) is 0 Å². The van der Waals surface area contributed by atoms with E-state index >= 15 is 0 Å². The van der Waals surface area contributed by atoms with E-state index in [1.165, 1.54) is 49.1 Å². The number of esters is 1. The summed E-state index contributed by atoms with van der Waals surface area (Å²) in [6.07, 6.45) is 9.78. The van der Waals surface area contributed by atoms with Crippen LogP contribution in [0.1, 0.15) is 54.5 Å². The largest absolute Gasteiger partial charge is 0.469 e. The zero-order chi connectivity index (χ0) is 13.9. The van der Waals surface area contributed by atoms with E-state index in [2.05, 4.69) is 15.0 Å². The monoisotopic (exact) mass is 294 g/mol. The fraction of sp³-hybridized carbons (Fsp3) is 0.733. The first-order valence-electron chi connectivity index (χ1n) is 7.53. The van der Waals surface area contributed by atoms with Gasteiger partial charge in [-0.1, -0.05) is 12.8 Å².